The minimum Gasteiger partial charge on any atom is -0.423 e. The first kappa shape index (κ1) is 30.1. The van der Waals surface area contributed by atoms with Crippen LogP contribution in [0.15, 0.2) is 133 Å². The standard InChI is InChI=1S/C41H25Cl2FO4/c42-27-15-11-25(12-16-27)39(45)47-34-21-22-35(48-40(46)26-13-17-28(43)18-14-26)38-37(34)36-30-5-1-3-7-32(30)41(38,33-8-4-2-6-31(33)36)23-24-9-19-29(44)20-10-24/h1-22,36H,23H2. The average Bonchev–Trinajstić information content (AvgIpc) is 3.11. The Labute approximate surface area is 286 Å². The van der Waals surface area contributed by atoms with E-state index >= 15 is 0 Å². The van der Waals surface area contributed by atoms with Gasteiger partial charge in [-0.3, -0.25) is 0 Å². The minimum atomic E-state index is -0.895. The van der Waals surface area contributed by atoms with Crippen LogP contribution in [0.4, 0.5) is 4.39 Å². The first-order valence-electron chi connectivity index (χ1n) is 15.4. The van der Waals surface area contributed by atoms with Gasteiger partial charge in [-0.1, -0.05) is 83.9 Å². The highest BCUT2D eigenvalue weighted by atomic mass is 35.5. The van der Waals surface area contributed by atoms with Gasteiger partial charge in [0.05, 0.1) is 16.5 Å². The maximum Gasteiger partial charge on any atom is 0.343 e. The number of carbonyl (C=O) groups excluding carboxylic acids is 2. The molecule has 0 saturated heterocycles. The Bertz CT molecular complexity index is 2180. The Kier molecular flexibility index (Phi) is 7.39. The van der Waals surface area contributed by atoms with Gasteiger partial charge < -0.3 is 9.47 Å². The smallest absolute Gasteiger partial charge is 0.343 e. The summed E-state index contributed by atoms with van der Waals surface area (Å²) in [5.41, 5.74) is 6.29. The Morgan fingerprint density at radius 3 is 1.62 bits per heavy atom. The summed E-state index contributed by atoms with van der Waals surface area (Å²) in [7, 11) is 0. The SMILES string of the molecule is O=C(Oc1ccc(OC(=O)c2ccc(Cl)cc2)c2c1C1c3ccccc3C2(Cc2ccc(F)cc2)c2ccccc21)c1ccc(Cl)cc1. The third-order valence-electron chi connectivity index (χ3n) is 9.29. The molecule has 4 nitrogen and oxygen atoms in total. The van der Waals surface area contributed by atoms with Gasteiger partial charge in [0.1, 0.15) is 17.3 Å². The zero-order valence-corrected chi connectivity index (χ0v) is 26.8. The zero-order valence-electron chi connectivity index (χ0n) is 25.3. The molecule has 234 valence electrons. The lowest BCUT2D eigenvalue weighted by molar-refractivity contribution is 0.0714. The molecule has 0 aliphatic heterocycles. The van der Waals surface area contributed by atoms with Crippen LogP contribution in [0.2, 0.25) is 10.0 Å². The van der Waals surface area contributed by atoms with E-state index in [-0.39, 0.29) is 11.7 Å². The van der Waals surface area contributed by atoms with Crippen LogP contribution in [0.1, 0.15) is 65.6 Å². The number of hydrogen-bond donors (Lipinski definition) is 0. The zero-order chi connectivity index (χ0) is 33.0. The minimum absolute atomic E-state index is 0.329. The summed E-state index contributed by atoms with van der Waals surface area (Å²) in [6.07, 6.45) is 0.418. The molecule has 0 N–H and O–H groups in total. The van der Waals surface area contributed by atoms with Crippen molar-refractivity contribution in [2.24, 2.45) is 0 Å². The van der Waals surface area contributed by atoms with Gasteiger partial charge in [0.15, 0.2) is 0 Å². The highest BCUT2D eigenvalue weighted by Gasteiger charge is 2.54. The van der Waals surface area contributed by atoms with Gasteiger partial charge in [-0.2, -0.15) is 0 Å². The van der Waals surface area contributed by atoms with Crippen molar-refractivity contribution in [2.45, 2.75) is 17.8 Å². The fourth-order valence-corrected chi connectivity index (χ4v) is 7.58. The fraction of sp³-hybridized carbons (Fsp3) is 0.0732. The van der Waals surface area contributed by atoms with Crippen LogP contribution in [-0.4, -0.2) is 11.9 Å². The lowest BCUT2D eigenvalue weighted by atomic mass is 9.51. The van der Waals surface area contributed by atoms with E-state index in [4.69, 9.17) is 32.7 Å². The number of benzene rings is 6. The van der Waals surface area contributed by atoms with Crippen LogP contribution >= 0.6 is 23.2 Å². The van der Waals surface area contributed by atoms with E-state index in [1.54, 1.807) is 72.8 Å². The van der Waals surface area contributed by atoms with Crippen LogP contribution in [0, 0.1) is 5.82 Å². The molecule has 9 rings (SSSR count). The highest BCUT2D eigenvalue weighted by Crippen LogP contribution is 2.64. The van der Waals surface area contributed by atoms with Gasteiger partial charge in [-0.05, 0) is 107 Å². The van der Waals surface area contributed by atoms with Crippen molar-refractivity contribution in [3.05, 3.63) is 199 Å². The largest absolute Gasteiger partial charge is 0.423 e. The highest BCUT2D eigenvalue weighted by molar-refractivity contribution is 6.31. The third kappa shape index (κ3) is 4.90. The number of esters is 2. The number of ether oxygens (including phenoxy) is 2. The second kappa shape index (κ2) is 11.8. The molecule has 0 aromatic heterocycles. The predicted molar refractivity (Wildman–Crippen MR) is 183 cm³/mol. The van der Waals surface area contributed by atoms with Gasteiger partial charge in [0.25, 0.3) is 0 Å². The molecule has 2 bridgehead atoms. The predicted octanol–water partition coefficient (Wildman–Crippen LogP) is 9.95. The van der Waals surface area contributed by atoms with Crippen LogP contribution in [-0.2, 0) is 11.8 Å². The molecule has 48 heavy (non-hydrogen) atoms. The Balaban J connectivity index is 1.39. The molecular weight excluding hydrogens is 646 g/mol. The van der Waals surface area contributed by atoms with E-state index in [1.165, 1.54) is 12.1 Å². The summed E-state index contributed by atoms with van der Waals surface area (Å²) in [6, 6.07) is 39.2. The van der Waals surface area contributed by atoms with E-state index in [9.17, 15) is 14.0 Å². The molecule has 0 fully saturated rings. The van der Waals surface area contributed by atoms with Gasteiger partial charge in [-0.25, -0.2) is 14.0 Å². The first-order chi connectivity index (χ1) is 23.3. The van der Waals surface area contributed by atoms with E-state index < -0.39 is 17.4 Å². The lowest BCUT2D eigenvalue weighted by Gasteiger charge is -2.51. The molecule has 0 amide bonds. The molecular formula is C41H25Cl2FO4. The normalized spacial score (nSPS) is 16.8. The van der Waals surface area contributed by atoms with Gasteiger partial charge in [0, 0.05) is 27.1 Å². The molecule has 0 spiro atoms. The molecule has 6 aromatic rings. The number of rotatable bonds is 6. The summed E-state index contributed by atoms with van der Waals surface area (Å²) in [5.74, 6) is -1.07. The second-order valence-electron chi connectivity index (χ2n) is 12.0. The molecule has 0 atom stereocenters. The van der Waals surface area contributed by atoms with Crippen LogP contribution in [0.3, 0.4) is 0 Å². The van der Waals surface area contributed by atoms with Crippen LogP contribution in [0.5, 0.6) is 11.5 Å². The van der Waals surface area contributed by atoms with Crippen LogP contribution in [0.25, 0.3) is 0 Å². The molecule has 3 aliphatic rings. The average molecular weight is 672 g/mol. The van der Waals surface area contributed by atoms with Crippen molar-refractivity contribution in [1.29, 1.82) is 0 Å². The second-order valence-corrected chi connectivity index (χ2v) is 12.8. The van der Waals surface area contributed by atoms with Crippen molar-refractivity contribution in [1.82, 2.24) is 0 Å². The Morgan fingerprint density at radius 1 is 0.604 bits per heavy atom. The Hall–Kier alpha value is -5.23. The van der Waals surface area contributed by atoms with Crippen molar-refractivity contribution >= 4 is 35.1 Å². The molecule has 6 aromatic carbocycles. The van der Waals surface area contributed by atoms with Gasteiger partial charge >= 0.3 is 11.9 Å². The van der Waals surface area contributed by atoms with Gasteiger partial charge in [0.2, 0.25) is 0 Å². The van der Waals surface area contributed by atoms with E-state index in [0.717, 1.165) is 38.9 Å². The van der Waals surface area contributed by atoms with E-state index in [0.29, 0.717) is 39.1 Å². The molecule has 0 saturated carbocycles. The van der Waals surface area contributed by atoms with E-state index in [1.807, 2.05) is 24.3 Å². The first-order valence-corrected chi connectivity index (χ1v) is 16.2. The summed E-state index contributed by atoms with van der Waals surface area (Å²) in [5, 5.41) is 1.00. The molecule has 3 aliphatic carbocycles. The van der Waals surface area contributed by atoms with Crippen molar-refractivity contribution in [3.8, 4) is 11.5 Å². The maximum absolute atomic E-state index is 14.2. The molecule has 0 radical (unpaired) electrons. The van der Waals surface area contributed by atoms with Crippen LogP contribution < -0.4 is 9.47 Å². The monoisotopic (exact) mass is 670 g/mol. The third-order valence-corrected chi connectivity index (χ3v) is 9.80. The fourth-order valence-electron chi connectivity index (χ4n) is 7.33. The number of carbonyl (C=O) groups is 2. The lowest BCUT2D eigenvalue weighted by Crippen LogP contribution is -2.44. The topological polar surface area (TPSA) is 52.6 Å². The van der Waals surface area contributed by atoms with E-state index in [2.05, 4.69) is 24.3 Å². The number of halogens is 3. The van der Waals surface area contributed by atoms with Crippen molar-refractivity contribution < 1.29 is 23.5 Å². The number of hydrogen-bond acceptors (Lipinski definition) is 4. The summed E-state index contributed by atoms with van der Waals surface area (Å²) in [4.78, 5) is 27.3. The Morgan fingerprint density at radius 2 is 1.08 bits per heavy atom. The van der Waals surface area contributed by atoms with Crippen molar-refractivity contribution in [3.63, 3.8) is 0 Å². The molecule has 0 heterocycles. The summed E-state index contributed by atoms with van der Waals surface area (Å²) >= 11 is 12.2. The maximum atomic E-state index is 14.2. The van der Waals surface area contributed by atoms with Gasteiger partial charge in [-0.15, -0.1) is 0 Å². The quantitative estimate of drug-likeness (QED) is 0.131. The summed E-state index contributed by atoms with van der Waals surface area (Å²) in [6.45, 7) is 0. The molecule has 7 heteroatoms. The summed E-state index contributed by atoms with van der Waals surface area (Å²) < 4.78 is 26.6. The molecule has 0 unspecified atom stereocenters. The van der Waals surface area contributed by atoms with Crippen molar-refractivity contribution in [2.75, 3.05) is 0 Å².